The molecule has 5 N–H and O–H groups in total. The van der Waals surface area contributed by atoms with Gasteiger partial charge in [0.1, 0.15) is 24.2 Å². The van der Waals surface area contributed by atoms with E-state index in [1.165, 1.54) is 5.56 Å². The molecule has 1 heterocycles. The predicted octanol–water partition coefficient (Wildman–Crippen LogP) is 5.10. The highest BCUT2D eigenvalue weighted by molar-refractivity contribution is 6.10. The lowest BCUT2D eigenvalue weighted by atomic mass is 9.94. The number of fused-ring (bicyclic) bond motifs is 3. The number of nitrogens with one attached hydrogen (secondary N) is 2. The van der Waals surface area contributed by atoms with Gasteiger partial charge in [-0.25, -0.2) is 0 Å². The molecule has 7 heteroatoms. The van der Waals surface area contributed by atoms with Gasteiger partial charge in [-0.2, -0.15) is 0 Å². The smallest absolute Gasteiger partial charge is 0.217 e. The van der Waals surface area contributed by atoms with E-state index >= 15 is 0 Å². The second-order valence-corrected chi connectivity index (χ2v) is 10.5. The molecule has 0 aliphatic carbocycles. The fourth-order valence-electron chi connectivity index (χ4n) is 4.67. The van der Waals surface area contributed by atoms with Crippen molar-refractivity contribution in [2.24, 2.45) is 5.73 Å². The average Bonchev–Trinajstić information content (AvgIpc) is 3.28. The first-order chi connectivity index (χ1) is 18.3. The standard InChI is InChI=1S/C31H39N3O4/c1-31(2,19-22-14-16-24(17-15-22)37-18-7-3-4-13-29(32)36)33-20-23(35)21-38-28-12-8-11-27-30(28)25-9-5-6-10-26(25)34-27/h5-6,8-12,14-17,23,33-35H,3-4,7,13,18-21H2,1-2H3,(H2,32,36). The van der Waals surface area contributed by atoms with Crippen molar-refractivity contribution in [3.63, 3.8) is 0 Å². The molecular formula is C31H39N3O4. The van der Waals surface area contributed by atoms with Crippen LogP contribution in [0, 0.1) is 0 Å². The SMILES string of the molecule is CC(C)(Cc1ccc(OCCCCCC(N)=O)cc1)NCC(O)COc1cccc2[nH]c3ccccc3c12. The number of hydrogen-bond acceptors (Lipinski definition) is 5. The van der Waals surface area contributed by atoms with Gasteiger partial charge in [-0.1, -0.05) is 36.4 Å². The Morgan fingerprint density at radius 2 is 1.74 bits per heavy atom. The number of amides is 1. The molecule has 1 unspecified atom stereocenters. The molecule has 0 fully saturated rings. The lowest BCUT2D eigenvalue weighted by Crippen LogP contribution is -2.46. The maximum atomic E-state index is 10.8. The lowest BCUT2D eigenvalue weighted by molar-refractivity contribution is -0.118. The average molecular weight is 518 g/mol. The summed E-state index contributed by atoms with van der Waals surface area (Å²) in [6.07, 6.45) is 3.23. The fourth-order valence-corrected chi connectivity index (χ4v) is 4.67. The van der Waals surface area contributed by atoms with Crippen LogP contribution in [-0.4, -0.2) is 47.4 Å². The number of primary amides is 1. The van der Waals surface area contributed by atoms with Gasteiger partial charge in [-0.05, 0) is 75.4 Å². The Hall–Kier alpha value is -3.55. The number of ether oxygens (including phenoxy) is 2. The number of unbranched alkanes of at least 4 members (excludes halogenated alkanes) is 2. The number of benzene rings is 3. The first-order valence-corrected chi connectivity index (χ1v) is 13.4. The summed E-state index contributed by atoms with van der Waals surface area (Å²) in [6, 6.07) is 22.2. The molecule has 0 aliphatic heterocycles. The molecule has 0 spiro atoms. The first kappa shape index (κ1) is 27.5. The molecule has 0 radical (unpaired) electrons. The first-order valence-electron chi connectivity index (χ1n) is 13.4. The van der Waals surface area contributed by atoms with Crippen molar-refractivity contribution < 1.29 is 19.4 Å². The summed E-state index contributed by atoms with van der Waals surface area (Å²) >= 11 is 0. The van der Waals surface area contributed by atoms with E-state index in [4.69, 9.17) is 15.2 Å². The summed E-state index contributed by atoms with van der Waals surface area (Å²) in [4.78, 5) is 14.2. The Kier molecular flexibility index (Phi) is 9.26. The highest BCUT2D eigenvalue weighted by atomic mass is 16.5. The van der Waals surface area contributed by atoms with Crippen LogP contribution in [0.4, 0.5) is 0 Å². The Labute approximate surface area is 224 Å². The third-order valence-electron chi connectivity index (χ3n) is 6.65. The largest absolute Gasteiger partial charge is 0.494 e. The summed E-state index contributed by atoms with van der Waals surface area (Å²) in [6.45, 7) is 5.51. The van der Waals surface area contributed by atoms with Gasteiger partial charge in [-0.15, -0.1) is 0 Å². The maximum absolute atomic E-state index is 10.8. The molecule has 7 nitrogen and oxygen atoms in total. The lowest BCUT2D eigenvalue weighted by Gasteiger charge is -2.28. The molecule has 202 valence electrons. The van der Waals surface area contributed by atoms with Crippen LogP contribution >= 0.6 is 0 Å². The minimum absolute atomic E-state index is 0.205. The van der Waals surface area contributed by atoms with Crippen LogP contribution in [0.25, 0.3) is 21.8 Å². The zero-order chi connectivity index (χ0) is 27.0. The van der Waals surface area contributed by atoms with Gasteiger partial charge in [0, 0.05) is 34.8 Å². The summed E-state index contributed by atoms with van der Waals surface area (Å²) in [7, 11) is 0. The molecule has 0 bridgehead atoms. The van der Waals surface area contributed by atoms with Gasteiger partial charge < -0.3 is 30.6 Å². The van der Waals surface area contributed by atoms with Gasteiger partial charge >= 0.3 is 0 Å². The number of aromatic amines is 1. The number of para-hydroxylation sites is 1. The van der Waals surface area contributed by atoms with Gasteiger partial charge in [0.2, 0.25) is 5.91 Å². The van der Waals surface area contributed by atoms with E-state index < -0.39 is 6.10 Å². The topological polar surface area (TPSA) is 110 Å². The molecule has 1 atom stereocenters. The number of nitrogens with two attached hydrogens (primary N) is 1. The second-order valence-electron chi connectivity index (χ2n) is 10.5. The Balaban J connectivity index is 1.21. The van der Waals surface area contributed by atoms with Crippen LogP contribution < -0.4 is 20.5 Å². The number of β-amino-alcohol motifs (C(OH)–C–C–N with tert-alkyl or cyclic N) is 1. The van der Waals surface area contributed by atoms with Crippen molar-refractivity contribution >= 4 is 27.7 Å². The van der Waals surface area contributed by atoms with Crippen LogP contribution in [0.15, 0.2) is 66.7 Å². The van der Waals surface area contributed by atoms with Gasteiger partial charge in [0.15, 0.2) is 0 Å². The molecule has 1 amide bonds. The van der Waals surface area contributed by atoms with E-state index in [9.17, 15) is 9.90 Å². The number of aliphatic hydroxyl groups is 1. The third-order valence-corrected chi connectivity index (χ3v) is 6.65. The van der Waals surface area contributed by atoms with Crippen molar-refractivity contribution in [3.8, 4) is 11.5 Å². The predicted molar refractivity (Wildman–Crippen MR) is 153 cm³/mol. The maximum Gasteiger partial charge on any atom is 0.217 e. The van der Waals surface area contributed by atoms with E-state index in [-0.39, 0.29) is 18.1 Å². The number of hydrogen-bond donors (Lipinski definition) is 4. The molecule has 4 rings (SSSR count). The Bertz CT molecular complexity index is 1330. The van der Waals surface area contributed by atoms with E-state index in [0.717, 1.165) is 59.0 Å². The molecule has 0 aliphatic rings. The molecule has 38 heavy (non-hydrogen) atoms. The molecule has 0 saturated heterocycles. The van der Waals surface area contributed by atoms with Crippen molar-refractivity contribution in [2.45, 2.75) is 57.6 Å². The van der Waals surface area contributed by atoms with Crippen molar-refractivity contribution in [3.05, 3.63) is 72.3 Å². The van der Waals surface area contributed by atoms with Crippen molar-refractivity contribution in [1.29, 1.82) is 0 Å². The molecule has 4 aromatic rings. The minimum Gasteiger partial charge on any atom is -0.494 e. The second kappa shape index (κ2) is 12.8. The van der Waals surface area contributed by atoms with Gasteiger partial charge in [0.05, 0.1) is 12.1 Å². The van der Waals surface area contributed by atoms with Crippen LogP contribution in [-0.2, 0) is 11.2 Å². The normalized spacial score (nSPS) is 12.6. The number of carbonyl (C=O) groups excluding carboxylic acids is 1. The summed E-state index contributed by atoms with van der Waals surface area (Å²) < 4.78 is 11.9. The summed E-state index contributed by atoms with van der Waals surface area (Å²) in [5.41, 5.74) is 8.23. The highest BCUT2D eigenvalue weighted by Crippen LogP contribution is 2.33. The van der Waals surface area contributed by atoms with Crippen LogP contribution in [0.5, 0.6) is 11.5 Å². The zero-order valence-electron chi connectivity index (χ0n) is 22.3. The zero-order valence-corrected chi connectivity index (χ0v) is 22.3. The fraction of sp³-hybridized carbons (Fsp3) is 0.387. The minimum atomic E-state index is -0.645. The molecule has 0 saturated carbocycles. The summed E-state index contributed by atoms with van der Waals surface area (Å²) in [5, 5.41) is 16.3. The van der Waals surface area contributed by atoms with Crippen molar-refractivity contribution in [2.75, 3.05) is 19.8 Å². The van der Waals surface area contributed by atoms with Crippen molar-refractivity contribution in [1.82, 2.24) is 10.3 Å². The Morgan fingerprint density at radius 1 is 0.974 bits per heavy atom. The number of aliphatic hydroxyl groups excluding tert-OH is 1. The number of aromatic nitrogens is 1. The van der Waals surface area contributed by atoms with Crippen LogP contribution in [0.3, 0.4) is 0 Å². The van der Waals surface area contributed by atoms with E-state index in [1.807, 2.05) is 42.5 Å². The quantitative estimate of drug-likeness (QED) is 0.164. The van der Waals surface area contributed by atoms with Gasteiger partial charge in [0.25, 0.3) is 0 Å². The Morgan fingerprint density at radius 3 is 2.53 bits per heavy atom. The number of carbonyl (C=O) groups is 1. The third kappa shape index (κ3) is 7.73. The van der Waals surface area contributed by atoms with E-state index in [1.54, 1.807) is 0 Å². The molecule has 1 aromatic heterocycles. The van der Waals surface area contributed by atoms with Gasteiger partial charge in [-0.3, -0.25) is 4.79 Å². The number of rotatable bonds is 15. The number of H-pyrrole nitrogens is 1. The van der Waals surface area contributed by atoms with E-state index in [2.05, 4.69) is 48.4 Å². The van der Waals surface area contributed by atoms with E-state index in [0.29, 0.717) is 19.6 Å². The molecular weight excluding hydrogens is 478 g/mol. The highest BCUT2D eigenvalue weighted by Gasteiger charge is 2.20. The van der Waals surface area contributed by atoms with Crippen LogP contribution in [0.2, 0.25) is 0 Å². The van der Waals surface area contributed by atoms with Crippen LogP contribution in [0.1, 0.15) is 45.1 Å². The molecule has 3 aromatic carbocycles. The monoisotopic (exact) mass is 517 g/mol. The summed E-state index contributed by atoms with van der Waals surface area (Å²) in [5.74, 6) is 1.36.